The van der Waals surface area contributed by atoms with E-state index in [1.54, 1.807) is 0 Å². The van der Waals surface area contributed by atoms with Gasteiger partial charge in [-0.05, 0) is 46.0 Å². The lowest BCUT2D eigenvalue weighted by molar-refractivity contribution is -0.157. The molecule has 172 valence electrons. The maximum absolute atomic E-state index is 11.7. The summed E-state index contributed by atoms with van der Waals surface area (Å²) in [5.41, 5.74) is -0.184. The van der Waals surface area contributed by atoms with Crippen LogP contribution in [0, 0.1) is 0 Å². The lowest BCUT2D eigenvalue weighted by Crippen LogP contribution is -2.15. The molecular weight excluding hydrogens is 384 g/mol. The Bertz CT molecular complexity index is 576. The molecule has 0 bridgehead atoms. The van der Waals surface area contributed by atoms with Gasteiger partial charge < -0.3 is 14.9 Å². The third-order valence-corrected chi connectivity index (χ3v) is 5.11. The first-order chi connectivity index (χ1) is 14.3. The first-order valence-electron chi connectivity index (χ1n) is 11.3. The molecule has 0 radical (unpaired) electrons. The Balaban J connectivity index is 3.69. The van der Waals surface area contributed by atoms with E-state index in [2.05, 4.69) is 23.8 Å². The second-order valence-corrected chi connectivity index (χ2v) is 7.83. The number of hydrogen-bond donors (Lipinski definition) is 2. The number of ether oxygens (including phenoxy) is 1. The number of carbonyl (C=O) groups is 3. The number of carboxylic acid groups (broad SMARTS) is 1. The molecule has 0 unspecified atom stereocenters. The van der Waals surface area contributed by atoms with Gasteiger partial charge in [0.1, 0.15) is 0 Å². The van der Waals surface area contributed by atoms with Crippen LogP contribution in [-0.4, -0.2) is 34.2 Å². The molecule has 6 nitrogen and oxygen atoms in total. The zero-order chi connectivity index (χ0) is 22.8. The molecule has 1 atom stereocenters. The van der Waals surface area contributed by atoms with Gasteiger partial charge in [-0.2, -0.15) is 0 Å². The number of carboxylic acids is 1. The lowest BCUT2D eigenvalue weighted by Gasteiger charge is -2.07. The summed E-state index contributed by atoms with van der Waals surface area (Å²) in [6, 6.07) is 0. The van der Waals surface area contributed by atoms with Crippen molar-refractivity contribution in [2.75, 3.05) is 0 Å². The zero-order valence-electron chi connectivity index (χ0n) is 19.0. The largest absolute Gasteiger partial charge is 0.478 e. The van der Waals surface area contributed by atoms with Crippen LogP contribution in [0.4, 0.5) is 0 Å². The summed E-state index contributed by atoms with van der Waals surface area (Å²) in [4.78, 5) is 34.2. The van der Waals surface area contributed by atoms with Gasteiger partial charge in [-0.3, -0.25) is 4.79 Å². The Morgan fingerprint density at radius 1 is 0.867 bits per heavy atom. The van der Waals surface area contributed by atoms with Crippen molar-refractivity contribution >= 4 is 17.9 Å². The van der Waals surface area contributed by atoms with Crippen molar-refractivity contribution < 1.29 is 29.3 Å². The normalized spacial score (nSPS) is 13.2. The van der Waals surface area contributed by atoms with Gasteiger partial charge in [-0.1, -0.05) is 64.0 Å². The van der Waals surface area contributed by atoms with Gasteiger partial charge in [-0.25, -0.2) is 9.59 Å². The Morgan fingerprint density at radius 2 is 1.50 bits per heavy atom. The molecule has 0 fully saturated rings. The molecule has 0 rings (SSSR count). The number of hydrogen-bond acceptors (Lipinski definition) is 5. The van der Waals surface area contributed by atoms with Gasteiger partial charge >= 0.3 is 17.9 Å². The van der Waals surface area contributed by atoms with Crippen LogP contribution in [0.3, 0.4) is 0 Å². The molecule has 0 aliphatic carbocycles. The van der Waals surface area contributed by atoms with E-state index in [1.807, 2.05) is 0 Å². The van der Waals surface area contributed by atoms with E-state index in [-0.39, 0.29) is 23.7 Å². The molecule has 0 heterocycles. The van der Waals surface area contributed by atoms with Crippen LogP contribution in [0.2, 0.25) is 0 Å². The molecule has 2 N–H and O–H groups in total. The predicted molar refractivity (Wildman–Crippen MR) is 118 cm³/mol. The van der Waals surface area contributed by atoms with Crippen LogP contribution in [0.5, 0.6) is 0 Å². The molecule has 0 amide bonds. The minimum absolute atomic E-state index is 0.0621. The fraction of sp³-hybridized carbons (Fsp3) is 0.708. The van der Waals surface area contributed by atoms with Crippen LogP contribution in [0.1, 0.15) is 104 Å². The fourth-order valence-electron chi connectivity index (χ4n) is 2.90. The molecule has 0 saturated carbocycles. The van der Waals surface area contributed by atoms with Crippen LogP contribution in [0.15, 0.2) is 23.3 Å². The minimum Gasteiger partial charge on any atom is -0.478 e. The van der Waals surface area contributed by atoms with Crippen molar-refractivity contribution in [2.45, 2.75) is 110 Å². The molecule has 0 aliphatic heterocycles. The highest BCUT2D eigenvalue weighted by Gasteiger charge is 2.17. The molecule has 0 saturated heterocycles. The average Bonchev–Trinajstić information content (AvgIpc) is 2.71. The summed E-state index contributed by atoms with van der Waals surface area (Å²) in [7, 11) is 0. The third-order valence-electron chi connectivity index (χ3n) is 5.11. The van der Waals surface area contributed by atoms with E-state index in [1.165, 1.54) is 33.1 Å². The van der Waals surface area contributed by atoms with Gasteiger partial charge in [0, 0.05) is 17.6 Å². The van der Waals surface area contributed by atoms with Gasteiger partial charge in [0.05, 0.1) is 6.10 Å². The highest BCUT2D eigenvalue weighted by Crippen LogP contribution is 2.12. The van der Waals surface area contributed by atoms with Gasteiger partial charge in [-0.15, -0.1) is 0 Å². The lowest BCUT2D eigenvalue weighted by atomic mass is 10.1. The molecule has 0 aromatic rings. The highest BCUT2D eigenvalue weighted by atomic mass is 16.6. The number of carbonyl (C=O) groups excluding carboxylic acids is 2. The van der Waals surface area contributed by atoms with E-state index in [0.29, 0.717) is 6.42 Å². The third kappa shape index (κ3) is 15.0. The summed E-state index contributed by atoms with van der Waals surface area (Å²) >= 11 is 0. The van der Waals surface area contributed by atoms with Gasteiger partial charge in [0.2, 0.25) is 0 Å². The number of esters is 2. The molecule has 6 heteroatoms. The number of unbranched alkanes of at least 4 members (excludes halogenated alkanes) is 8. The zero-order valence-corrected chi connectivity index (χ0v) is 19.0. The monoisotopic (exact) mass is 424 g/mol. The Labute approximate surface area is 181 Å². The fourth-order valence-corrected chi connectivity index (χ4v) is 2.90. The number of aliphatic hydroxyl groups excluding tert-OH is 1. The Kier molecular flexibility index (Phi) is 16.7. The van der Waals surface area contributed by atoms with E-state index in [0.717, 1.165) is 51.4 Å². The van der Waals surface area contributed by atoms with Crippen molar-refractivity contribution in [1.29, 1.82) is 0 Å². The molecule has 0 spiro atoms. The number of aliphatic carboxylic acids is 1. The quantitative estimate of drug-likeness (QED) is 0.105. The second-order valence-electron chi connectivity index (χ2n) is 7.83. The minimum atomic E-state index is -1.20. The van der Waals surface area contributed by atoms with Crippen molar-refractivity contribution in [1.82, 2.24) is 0 Å². The Hall–Kier alpha value is -1.95. The van der Waals surface area contributed by atoms with Crippen LogP contribution < -0.4 is 0 Å². The van der Waals surface area contributed by atoms with Gasteiger partial charge in [0.15, 0.2) is 0 Å². The van der Waals surface area contributed by atoms with E-state index < -0.39 is 17.9 Å². The van der Waals surface area contributed by atoms with Crippen LogP contribution in [-0.2, 0) is 19.1 Å². The molecular formula is C24H40O6. The van der Waals surface area contributed by atoms with Crippen LogP contribution in [0.25, 0.3) is 0 Å². The summed E-state index contributed by atoms with van der Waals surface area (Å²) in [5, 5.41) is 18.7. The first kappa shape index (κ1) is 28.1. The SMILES string of the molecule is CCCCCC[C@@H](O)C/C=C\CCCCCCCC(=O)OC(=O)/C(C)=C(/C)C(=O)O. The smallest absolute Gasteiger partial charge is 0.341 e. The highest BCUT2D eigenvalue weighted by molar-refractivity contribution is 6.02. The summed E-state index contributed by atoms with van der Waals surface area (Å²) in [6.45, 7) is 4.82. The van der Waals surface area contributed by atoms with Crippen molar-refractivity contribution in [2.24, 2.45) is 0 Å². The molecule has 0 aromatic carbocycles. The molecule has 0 aromatic heterocycles. The summed E-state index contributed by atoms with van der Waals surface area (Å²) in [5.74, 6) is -2.71. The predicted octanol–water partition coefficient (Wildman–Crippen LogP) is 5.49. The number of allylic oxidation sites excluding steroid dienone is 1. The van der Waals surface area contributed by atoms with Crippen molar-refractivity contribution in [3.05, 3.63) is 23.3 Å². The van der Waals surface area contributed by atoms with Crippen LogP contribution >= 0.6 is 0 Å². The standard InChI is InChI=1S/C24H40O6/c1-4-5-6-13-16-21(25)17-14-11-9-7-8-10-12-15-18-22(26)30-24(29)20(3)19(2)23(27)28/h11,14,21,25H,4-10,12-13,15-18H2,1-3H3,(H,27,28)/b14-11-,20-19-/t21-/m1/s1. The molecule has 0 aliphatic rings. The molecule has 30 heavy (non-hydrogen) atoms. The van der Waals surface area contributed by atoms with E-state index in [4.69, 9.17) is 5.11 Å². The average molecular weight is 425 g/mol. The van der Waals surface area contributed by atoms with E-state index in [9.17, 15) is 19.5 Å². The second kappa shape index (κ2) is 17.9. The topological polar surface area (TPSA) is 101 Å². The first-order valence-corrected chi connectivity index (χ1v) is 11.3. The Morgan fingerprint density at radius 3 is 2.17 bits per heavy atom. The number of rotatable bonds is 17. The summed E-state index contributed by atoms with van der Waals surface area (Å²) in [6.07, 6.45) is 16.2. The summed E-state index contributed by atoms with van der Waals surface area (Å²) < 4.78 is 4.68. The van der Waals surface area contributed by atoms with Crippen molar-refractivity contribution in [3.63, 3.8) is 0 Å². The maximum atomic E-state index is 11.7. The maximum Gasteiger partial charge on any atom is 0.341 e. The van der Waals surface area contributed by atoms with E-state index >= 15 is 0 Å². The van der Waals surface area contributed by atoms with Crippen molar-refractivity contribution in [3.8, 4) is 0 Å². The van der Waals surface area contributed by atoms with Gasteiger partial charge in [0.25, 0.3) is 0 Å². The number of aliphatic hydroxyl groups is 1.